The van der Waals surface area contributed by atoms with Crippen LogP contribution < -0.4 is 17.0 Å². The zero-order chi connectivity index (χ0) is 37.8. The van der Waals surface area contributed by atoms with Crippen LogP contribution in [0.4, 0.5) is 0 Å². The number of amides is 2. The molecule has 8 heteroatoms. The topological polar surface area (TPSA) is 65.3 Å². The number of carbonyl (C=O) groups excluding carboxylic acids is 2. The van der Waals surface area contributed by atoms with E-state index in [4.69, 9.17) is 9.98 Å². The molecule has 6 nitrogen and oxygen atoms in total. The fourth-order valence-corrected chi connectivity index (χ4v) is 7.87. The van der Waals surface area contributed by atoms with Crippen LogP contribution >= 0.6 is 0 Å². The normalized spacial score (nSPS) is 18.3. The summed E-state index contributed by atoms with van der Waals surface area (Å²) in [5, 5.41) is 0. The zero-order valence-corrected chi connectivity index (χ0v) is 34.3. The predicted octanol–water partition coefficient (Wildman–Crippen LogP) is 7.26. The van der Waals surface area contributed by atoms with Crippen molar-refractivity contribution in [2.45, 2.75) is 24.2 Å². The van der Waals surface area contributed by atoms with E-state index in [1.807, 2.05) is 161 Å². The Hall–Kier alpha value is -6.04. The van der Waals surface area contributed by atoms with Crippen LogP contribution in [0, 0.1) is 6.07 Å². The van der Waals surface area contributed by atoms with E-state index in [-0.39, 0.29) is 61.3 Å². The Kier molecular flexibility index (Phi) is 12.5. The second-order valence-electron chi connectivity index (χ2n) is 13.9. The molecule has 0 radical (unpaired) electrons. The van der Waals surface area contributed by atoms with Gasteiger partial charge in [0.05, 0.1) is 35.8 Å². The predicted molar refractivity (Wildman–Crippen MR) is 220 cm³/mol. The van der Waals surface area contributed by atoms with Gasteiger partial charge in [-0.1, -0.05) is 169 Å². The molecule has 9 rings (SSSR count). The summed E-state index contributed by atoms with van der Waals surface area (Å²) in [5.74, 6) is 0.676. The van der Waals surface area contributed by atoms with Crippen LogP contribution in [0.2, 0.25) is 0 Å². The molecule has 4 atom stereocenters. The van der Waals surface area contributed by atoms with Gasteiger partial charge in [0, 0.05) is 11.1 Å². The third kappa shape index (κ3) is 7.79. The van der Waals surface area contributed by atoms with E-state index in [1.165, 1.54) is 0 Å². The minimum Gasteiger partial charge on any atom is -1.00 e. The summed E-state index contributed by atoms with van der Waals surface area (Å²) in [6.45, 7) is 0. The third-order valence-electron chi connectivity index (χ3n) is 10.5. The molecule has 0 spiro atoms. The second-order valence-corrected chi connectivity index (χ2v) is 13.9. The number of rotatable bonds is 8. The van der Waals surface area contributed by atoms with Gasteiger partial charge < -0.3 is 26.8 Å². The van der Waals surface area contributed by atoms with Crippen molar-refractivity contribution in [1.82, 2.24) is 9.80 Å². The van der Waals surface area contributed by atoms with Crippen molar-refractivity contribution in [3.8, 4) is 0 Å². The Morgan fingerprint density at radius 3 is 1.02 bits per heavy atom. The number of carbonyl (C=O) groups is 2. The number of hydrogen-bond donors (Lipinski definition) is 0. The second kappa shape index (κ2) is 18.0. The van der Waals surface area contributed by atoms with E-state index in [2.05, 4.69) is 54.6 Å². The molecule has 0 aliphatic carbocycles. The summed E-state index contributed by atoms with van der Waals surface area (Å²) >= 11 is 0. The largest absolute Gasteiger partial charge is 2.00 e. The fourth-order valence-electron chi connectivity index (χ4n) is 7.87. The van der Waals surface area contributed by atoms with Crippen molar-refractivity contribution in [1.29, 1.82) is 0 Å². The molecule has 7 aromatic carbocycles. The van der Waals surface area contributed by atoms with Crippen molar-refractivity contribution in [2.75, 3.05) is 0 Å². The Morgan fingerprint density at radius 2 is 0.690 bits per heavy atom. The number of aliphatic imine (C=N–C) groups is 2. The first-order valence-electron chi connectivity index (χ1n) is 18.8. The van der Waals surface area contributed by atoms with Crippen molar-refractivity contribution in [3.63, 3.8) is 0 Å². The average Bonchev–Trinajstić information content (AvgIpc) is 3.89. The quantitative estimate of drug-likeness (QED) is 0.119. The van der Waals surface area contributed by atoms with Gasteiger partial charge in [-0.15, -0.1) is 24.3 Å². The smallest absolute Gasteiger partial charge is 1.00 e. The van der Waals surface area contributed by atoms with Gasteiger partial charge in [0.1, 0.15) is 0 Å². The van der Waals surface area contributed by atoms with Crippen LogP contribution in [-0.4, -0.2) is 33.3 Å². The average molecular weight is 912 g/mol. The van der Waals surface area contributed by atoms with Gasteiger partial charge in [0.25, 0.3) is 11.8 Å². The molecule has 0 N–H and O–H groups in total. The van der Waals surface area contributed by atoms with E-state index in [0.717, 1.165) is 22.3 Å². The first-order valence-corrected chi connectivity index (χ1v) is 18.8. The van der Waals surface area contributed by atoms with Crippen molar-refractivity contribution in [3.05, 3.63) is 251 Å². The van der Waals surface area contributed by atoms with Crippen LogP contribution in [0.5, 0.6) is 0 Å². The summed E-state index contributed by atoms with van der Waals surface area (Å²) in [4.78, 5) is 44.0. The minimum atomic E-state index is -0.428. The first-order chi connectivity index (χ1) is 27.7. The van der Waals surface area contributed by atoms with E-state index < -0.39 is 12.1 Å². The number of benzene rings is 7. The first kappa shape index (κ1) is 40.2. The minimum absolute atomic E-state index is 0. The Bertz CT molecular complexity index is 2370. The zero-order valence-electron chi connectivity index (χ0n) is 31.2. The summed E-state index contributed by atoms with van der Waals surface area (Å²) in [7, 11) is 0. The fraction of sp³-hybridized carbons (Fsp3) is 0.0800. The van der Waals surface area contributed by atoms with Crippen LogP contribution in [0.3, 0.4) is 0 Å². The number of nitrogens with zero attached hydrogens (tertiary/aromatic N) is 4. The van der Waals surface area contributed by atoms with Gasteiger partial charge in [-0.05, 0) is 46.5 Å². The molecular formula is C50H37BrN4O2Pd. The molecule has 2 amide bonds. The standard InChI is InChI=1S/C50H37N4O2.BrH.Pd/c55-49(39-28-15-5-16-29-39)53-45(37-24-11-3-12-25-37)43(35-20-7-1-8-21-35)51-47(53)41-32-19-33-42(34-41)48-52-44(36-22-9-2-10-23-36)46(38-26-13-4-14-27-38)54(48)50(56)40-30-17-6-18-31-40;;/h1-33,43-46H;1H;/q-1;;+2/p-1. The number of hydrogen-bond acceptors (Lipinski definition) is 4. The maximum absolute atomic E-state index is 14.8. The molecule has 2 heterocycles. The number of halogens is 1. The summed E-state index contributed by atoms with van der Waals surface area (Å²) < 4.78 is 0. The summed E-state index contributed by atoms with van der Waals surface area (Å²) in [6, 6.07) is 66.9. The molecule has 7 aromatic rings. The molecule has 0 bridgehead atoms. The molecule has 0 aromatic heterocycles. The van der Waals surface area contributed by atoms with Crippen LogP contribution in [-0.2, 0) is 20.4 Å². The molecular weight excluding hydrogens is 875 g/mol. The summed E-state index contributed by atoms with van der Waals surface area (Å²) in [5.41, 5.74) is 6.29. The molecule has 286 valence electrons. The van der Waals surface area contributed by atoms with Gasteiger partial charge in [-0.3, -0.25) is 19.6 Å². The van der Waals surface area contributed by atoms with Crippen molar-refractivity contribution < 1.29 is 47.0 Å². The maximum Gasteiger partial charge on any atom is 2.00 e. The van der Waals surface area contributed by atoms with Gasteiger partial charge >= 0.3 is 20.4 Å². The molecule has 0 fully saturated rings. The van der Waals surface area contributed by atoms with Crippen LogP contribution in [0.25, 0.3) is 0 Å². The van der Waals surface area contributed by atoms with Crippen molar-refractivity contribution >= 4 is 23.5 Å². The monoisotopic (exact) mass is 910 g/mol. The van der Waals surface area contributed by atoms with Gasteiger partial charge in [0.15, 0.2) is 0 Å². The van der Waals surface area contributed by atoms with Gasteiger partial charge in [-0.25, -0.2) is 0 Å². The molecule has 4 unspecified atom stereocenters. The maximum atomic E-state index is 14.8. The van der Waals surface area contributed by atoms with Gasteiger partial charge in [0.2, 0.25) is 0 Å². The number of amidine groups is 2. The van der Waals surface area contributed by atoms with Gasteiger partial charge in [-0.2, -0.15) is 0 Å². The Balaban J connectivity index is 0.00000256. The van der Waals surface area contributed by atoms with E-state index in [1.54, 1.807) is 0 Å². The van der Waals surface area contributed by atoms with E-state index in [0.29, 0.717) is 33.9 Å². The third-order valence-corrected chi connectivity index (χ3v) is 10.5. The SMILES string of the molecule is O=C(c1ccccc1)N1C(c2[c-]c(C3=NC(c4ccccc4)C(c4ccccc4)N3C(=O)c3ccccc3)ccc2)=NC(c2ccccc2)C1c1ccccc1.[Br-].[Pd+2]. The molecule has 0 saturated carbocycles. The van der Waals surface area contributed by atoms with Crippen molar-refractivity contribution in [2.24, 2.45) is 9.98 Å². The summed E-state index contributed by atoms with van der Waals surface area (Å²) in [6.07, 6.45) is 0. The van der Waals surface area contributed by atoms with Crippen LogP contribution in [0.1, 0.15) is 78.3 Å². The molecule has 0 saturated heterocycles. The molecule has 2 aliphatic heterocycles. The van der Waals surface area contributed by atoms with E-state index >= 15 is 0 Å². The Morgan fingerprint density at radius 1 is 0.397 bits per heavy atom. The Labute approximate surface area is 363 Å². The molecule has 58 heavy (non-hydrogen) atoms. The molecule has 2 aliphatic rings. The van der Waals surface area contributed by atoms with E-state index in [9.17, 15) is 9.59 Å². The van der Waals surface area contributed by atoms with Crippen LogP contribution in [0.15, 0.2) is 210 Å².